The zero-order valence-corrected chi connectivity index (χ0v) is 13.5. The summed E-state index contributed by atoms with van der Waals surface area (Å²) in [6.07, 6.45) is 8.44. The van der Waals surface area contributed by atoms with Gasteiger partial charge in [0, 0.05) is 18.6 Å². The van der Waals surface area contributed by atoms with Crippen LogP contribution in [0.15, 0.2) is 0 Å². The van der Waals surface area contributed by atoms with Crippen molar-refractivity contribution in [3.8, 4) is 0 Å². The van der Waals surface area contributed by atoms with Crippen LogP contribution in [0.3, 0.4) is 0 Å². The Morgan fingerprint density at radius 3 is 2.53 bits per heavy atom. The molecule has 0 radical (unpaired) electrons. The quantitative estimate of drug-likeness (QED) is 0.837. The van der Waals surface area contributed by atoms with Crippen molar-refractivity contribution in [2.75, 3.05) is 20.1 Å². The fourth-order valence-electron chi connectivity index (χ4n) is 4.34. The van der Waals surface area contributed by atoms with E-state index < -0.39 is 0 Å². The molecule has 2 fully saturated rings. The van der Waals surface area contributed by atoms with Gasteiger partial charge in [-0.05, 0) is 70.4 Å². The van der Waals surface area contributed by atoms with Gasteiger partial charge in [-0.1, -0.05) is 20.3 Å². The van der Waals surface area contributed by atoms with E-state index in [1.54, 1.807) is 0 Å². The van der Waals surface area contributed by atoms with Gasteiger partial charge in [-0.3, -0.25) is 0 Å². The lowest BCUT2D eigenvalue weighted by atomic mass is 9.76. The first-order valence-corrected chi connectivity index (χ1v) is 8.55. The summed E-state index contributed by atoms with van der Waals surface area (Å²) >= 11 is 0. The Morgan fingerprint density at radius 2 is 1.89 bits per heavy atom. The summed E-state index contributed by atoms with van der Waals surface area (Å²) in [7, 11) is 2.16. The fourth-order valence-corrected chi connectivity index (χ4v) is 4.34. The molecule has 5 unspecified atom stereocenters. The van der Waals surface area contributed by atoms with E-state index in [0.29, 0.717) is 0 Å². The number of nitrogens with one attached hydrogen (secondary N) is 1. The van der Waals surface area contributed by atoms with Crippen molar-refractivity contribution in [3.63, 3.8) is 0 Å². The molecule has 0 spiro atoms. The molecule has 0 bridgehead atoms. The summed E-state index contributed by atoms with van der Waals surface area (Å²) in [5.41, 5.74) is 0. The van der Waals surface area contributed by atoms with Crippen molar-refractivity contribution in [1.82, 2.24) is 10.2 Å². The third-order valence-corrected chi connectivity index (χ3v) is 5.78. The second-order valence-electron chi connectivity index (χ2n) is 7.22. The lowest BCUT2D eigenvalue weighted by Gasteiger charge is -2.43. The molecule has 1 saturated carbocycles. The van der Waals surface area contributed by atoms with Crippen LogP contribution in [0.25, 0.3) is 0 Å². The third-order valence-electron chi connectivity index (χ3n) is 5.78. The number of hydrogen-bond acceptors (Lipinski definition) is 2. The zero-order valence-electron chi connectivity index (χ0n) is 13.5. The normalized spacial score (nSPS) is 41.4. The molecule has 1 aliphatic carbocycles. The van der Waals surface area contributed by atoms with Gasteiger partial charge in [-0.2, -0.15) is 0 Å². The molecular formula is C17H34N2. The van der Waals surface area contributed by atoms with Gasteiger partial charge in [0.25, 0.3) is 0 Å². The highest BCUT2D eigenvalue weighted by atomic mass is 15.2. The maximum absolute atomic E-state index is 3.59. The Hall–Kier alpha value is -0.0800. The van der Waals surface area contributed by atoms with Crippen LogP contribution in [0.2, 0.25) is 0 Å². The first-order valence-electron chi connectivity index (χ1n) is 8.55. The topological polar surface area (TPSA) is 15.3 Å². The minimum atomic E-state index is 0.759. The van der Waals surface area contributed by atoms with Crippen molar-refractivity contribution in [3.05, 3.63) is 0 Å². The summed E-state index contributed by atoms with van der Waals surface area (Å²) in [5, 5.41) is 3.59. The van der Waals surface area contributed by atoms with E-state index in [1.165, 1.54) is 51.6 Å². The van der Waals surface area contributed by atoms with E-state index in [4.69, 9.17) is 0 Å². The van der Waals surface area contributed by atoms with Crippen molar-refractivity contribution < 1.29 is 0 Å². The molecule has 112 valence electrons. The fraction of sp³-hybridized carbons (Fsp3) is 1.00. The Morgan fingerprint density at radius 1 is 1.11 bits per heavy atom. The Labute approximate surface area is 120 Å². The lowest BCUT2D eigenvalue weighted by molar-refractivity contribution is 0.0782. The first kappa shape index (κ1) is 15.3. The molecule has 19 heavy (non-hydrogen) atoms. The van der Waals surface area contributed by atoms with Gasteiger partial charge >= 0.3 is 0 Å². The molecule has 0 aromatic rings. The highest BCUT2D eigenvalue weighted by Gasteiger charge is 2.32. The second kappa shape index (κ2) is 7.08. The lowest BCUT2D eigenvalue weighted by Crippen LogP contribution is -2.49. The molecule has 1 saturated heterocycles. The molecule has 0 amide bonds. The summed E-state index contributed by atoms with van der Waals surface area (Å²) in [6.45, 7) is 9.87. The van der Waals surface area contributed by atoms with E-state index in [1.807, 2.05) is 0 Å². The van der Waals surface area contributed by atoms with Gasteiger partial charge in [0.1, 0.15) is 0 Å². The second-order valence-corrected chi connectivity index (χ2v) is 7.22. The van der Waals surface area contributed by atoms with Crippen LogP contribution in [-0.2, 0) is 0 Å². The van der Waals surface area contributed by atoms with E-state index in [2.05, 4.69) is 38.0 Å². The number of rotatable bonds is 4. The van der Waals surface area contributed by atoms with Gasteiger partial charge in [0.05, 0.1) is 0 Å². The molecule has 1 aliphatic heterocycles. The monoisotopic (exact) mass is 266 g/mol. The van der Waals surface area contributed by atoms with Crippen LogP contribution in [0.1, 0.15) is 59.3 Å². The van der Waals surface area contributed by atoms with Gasteiger partial charge in [-0.15, -0.1) is 0 Å². The van der Waals surface area contributed by atoms with Crippen molar-refractivity contribution in [2.45, 2.75) is 71.4 Å². The predicted molar refractivity (Wildman–Crippen MR) is 83.4 cm³/mol. The van der Waals surface area contributed by atoms with Crippen molar-refractivity contribution >= 4 is 0 Å². The average molecular weight is 266 g/mol. The molecule has 0 aromatic heterocycles. The highest BCUT2D eigenvalue weighted by Crippen LogP contribution is 2.33. The first-order chi connectivity index (χ1) is 9.13. The minimum absolute atomic E-state index is 0.759. The summed E-state index contributed by atoms with van der Waals surface area (Å²) in [5.74, 6) is 2.79. The maximum atomic E-state index is 3.59. The Balaban J connectivity index is 1.91. The smallest absolute Gasteiger partial charge is 0.0105 e. The minimum Gasteiger partial charge on any atom is -0.317 e. The Bertz CT molecular complexity index is 266. The summed E-state index contributed by atoms with van der Waals surface area (Å²) in [6, 6.07) is 1.55. The maximum Gasteiger partial charge on any atom is 0.0105 e. The average Bonchev–Trinajstić information content (AvgIpc) is 2.41. The van der Waals surface area contributed by atoms with Gasteiger partial charge in [0.15, 0.2) is 0 Å². The van der Waals surface area contributed by atoms with Gasteiger partial charge in [0.2, 0.25) is 0 Å². The molecule has 5 atom stereocenters. The van der Waals surface area contributed by atoms with E-state index in [0.717, 1.165) is 29.8 Å². The van der Waals surface area contributed by atoms with Crippen LogP contribution in [0, 0.1) is 17.8 Å². The summed E-state index contributed by atoms with van der Waals surface area (Å²) in [4.78, 5) is 2.77. The molecule has 2 rings (SSSR count). The standard InChI is InChI=1S/C17H34N2/c1-5-15-6-7-17(18-4)16(11-15)12-19-9-8-13(2)10-14(19)3/h13-18H,5-12H2,1-4H3. The largest absolute Gasteiger partial charge is 0.317 e. The van der Waals surface area contributed by atoms with Gasteiger partial charge in [-0.25, -0.2) is 0 Å². The molecule has 1 N–H and O–H groups in total. The zero-order chi connectivity index (χ0) is 13.8. The van der Waals surface area contributed by atoms with Crippen LogP contribution >= 0.6 is 0 Å². The summed E-state index contributed by atoms with van der Waals surface area (Å²) < 4.78 is 0. The molecule has 2 aliphatic rings. The Kier molecular flexibility index (Phi) is 5.70. The molecule has 2 heteroatoms. The number of hydrogen-bond donors (Lipinski definition) is 1. The SMILES string of the molecule is CCC1CCC(NC)C(CN2CCC(C)CC2C)C1. The van der Waals surface area contributed by atoms with Crippen LogP contribution < -0.4 is 5.32 Å². The van der Waals surface area contributed by atoms with E-state index in [9.17, 15) is 0 Å². The number of likely N-dealkylation sites (tertiary alicyclic amines) is 1. The predicted octanol–water partition coefficient (Wildman–Crippen LogP) is 3.52. The van der Waals surface area contributed by atoms with Crippen molar-refractivity contribution in [1.29, 1.82) is 0 Å². The highest BCUT2D eigenvalue weighted by molar-refractivity contribution is 4.88. The number of piperidine rings is 1. The van der Waals surface area contributed by atoms with E-state index in [-0.39, 0.29) is 0 Å². The van der Waals surface area contributed by atoms with Gasteiger partial charge < -0.3 is 10.2 Å². The van der Waals surface area contributed by atoms with Crippen LogP contribution in [-0.4, -0.2) is 37.1 Å². The number of nitrogens with zero attached hydrogens (tertiary/aromatic N) is 1. The molecular weight excluding hydrogens is 232 g/mol. The van der Waals surface area contributed by atoms with Crippen LogP contribution in [0.4, 0.5) is 0 Å². The molecule has 0 aromatic carbocycles. The van der Waals surface area contributed by atoms with E-state index >= 15 is 0 Å². The third kappa shape index (κ3) is 3.95. The molecule has 2 nitrogen and oxygen atoms in total. The van der Waals surface area contributed by atoms with Crippen LogP contribution in [0.5, 0.6) is 0 Å². The molecule has 1 heterocycles. The van der Waals surface area contributed by atoms with Crippen molar-refractivity contribution in [2.24, 2.45) is 17.8 Å².